The van der Waals surface area contributed by atoms with Gasteiger partial charge in [0.25, 0.3) is 0 Å². The smallest absolute Gasteiger partial charge is 0.271 e. The zero-order valence-electron chi connectivity index (χ0n) is 10.7. The van der Waals surface area contributed by atoms with E-state index in [9.17, 15) is 0 Å². The number of nitrogens with zero attached hydrogens (tertiary/aromatic N) is 4. The standard InChI is InChI=1S/C12H19N4/c1-12(2,3)10-8-9(14-16(10)5)11-13-6-7-15(11)4/h6,8H,7H2,1-5H3/q+1. The highest BCUT2D eigenvalue weighted by atomic mass is 15.3. The third kappa shape index (κ3) is 1.79. The summed E-state index contributed by atoms with van der Waals surface area (Å²) in [5, 5.41) is 4.53. The fourth-order valence-corrected chi connectivity index (χ4v) is 1.97. The third-order valence-electron chi connectivity index (χ3n) is 2.81. The summed E-state index contributed by atoms with van der Waals surface area (Å²) in [5.41, 5.74) is 2.30. The molecule has 0 atom stereocenters. The Morgan fingerprint density at radius 2 is 2.06 bits per heavy atom. The lowest BCUT2D eigenvalue weighted by Crippen LogP contribution is -2.16. The molecule has 1 aromatic rings. The van der Waals surface area contributed by atoms with Gasteiger partial charge in [-0.3, -0.25) is 9.26 Å². The zero-order chi connectivity index (χ0) is 11.9. The first-order chi connectivity index (χ1) is 7.39. The van der Waals surface area contributed by atoms with Crippen LogP contribution in [0.5, 0.6) is 0 Å². The molecule has 1 aliphatic rings. The Morgan fingerprint density at radius 3 is 2.50 bits per heavy atom. The largest absolute Gasteiger partial charge is 0.346 e. The van der Waals surface area contributed by atoms with Crippen LogP contribution in [0, 0.1) is 0 Å². The van der Waals surface area contributed by atoms with Crippen LogP contribution >= 0.6 is 0 Å². The van der Waals surface area contributed by atoms with Crippen molar-refractivity contribution in [2.75, 3.05) is 13.6 Å². The molecule has 0 fully saturated rings. The molecule has 1 aliphatic heterocycles. The number of rotatable bonds is 1. The summed E-state index contributed by atoms with van der Waals surface area (Å²) in [6.45, 7) is 7.46. The van der Waals surface area contributed by atoms with Crippen molar-refractivity contribution in [3.05, 3.63) is 17.5 Å². The molecule has 0 N–H and O–H groups in total. The second-order valence-corrected chi connectivity index (χ2v) is 5.30. The summed E-state index contributed by atoms with van der Waals surface area (Å²) in [4.78, 5) is 4.37. The quantitative estimate of drug-likeness (QED) is 0.653. The SMILES string of the molecule is Cn1nc(C2=[N+](C)CC=N2)cc1C(C)(C)C. The molecule has 0 bridgehead atoms. The van der Waals surface area contributed by atoms with E-state index in [1.807, 2.05) is 25.0 Å². The van der Waals surface area contributed by atoms with Crippen LogP contribution in [-0.2, 0) is 12.5 Å². The molecule has 0 aliphatic carbocycles. The Bertz CT molecular complexity index is 472. The minimum absolute atomic E-state index is 0.113. The lowest BCUT2D eigenvalue weighted by molar-refractivity contribution is -0.476. The lowest BCUT2D eigenvalue weighted by atomic mass is 9.92. The van der Waals surface area contributed by atoms with E-state index >= 15 is 0 Å². The molecule has 0 spiro atoms. The highest BCUT2D eigenvalue weighted by Crippen LogP contribution is 2.22. The van der Waals surface area contributed by atoms with Gasteiger partial charge >= 0.3 is 5.84 Å². The Morgan fingerprint density at radius 1 is 1.38 bits per heavy atom. The number of aryl methyl sites for hydroxylation is 1. The van der Waals surface area contributed by atoms with Gasteiger partial charge < -0.3 is 0 Å². The van der Waals surface area contributed by atoms with E-state index in [0.29, 0.717) is 0 Å². The van der Waals surface area contributed by atoms with Crippen LogP contribution in [0.2, 0.25) is 0 Å². The van der Waals surface area contributed by atoms with Crippen molar-refractivity contribution in [1.82, 2.24) is 9.78 Å². The van der Waals surface area contributed by atoms with Gasteiger partial charge in [-0.25, -0.2) is 0 Å². The fraction of sp³-hybridized carbons (Fsp3) is 0.583. The maximum Gasteiger partial charge on any atom is 0.346 e. The van der Waals surface area contributed by atoms with Gasteiger partial charge in [0.1, 0.15) is 6.54 Å². The first-order valence-corrected chi connectivity index (χ1v) is 5.55. The van der Waals surface area contributed by atoms with Gasteiger partial charge in [0, 0.05) is 18.2 Å². The number of hydrogen-bond donors (Lipinski definition) is 0. The molecule has 0 aromatic carbocycles. The molecule has 4 heteroatoms. The van der Waals surface area contributed by atoms with Gasteiger partial charge in [-0.15, -0.1) is 0 Å². The van der Waals surface area contributed by atoms with Gasteiger partial charge in [-0.1, -0.05) is 20.8 Å². The monoisotopic (exact) mass is 219 g/mol. The number of hydrogen-bond acceptors (Lipinski definition) is 2. The van der Waals surface area contributed by atoms with Crippen LogP contribution < -0.4 is 0 Å². The molecule has 16 heavy (non-hydrogen) atoms. The van der Waals surface area contributed by atoms with Crippen LogP contribution in [0.15, 0.2) is 11.1 Å². The topological polar surface area (TPSA) is 33.2 Å². The van der Waals surface area contributed by atoms with Crippen molar-refractivity contribution < 1.29 is 4.58 Å². The maximum absolute atomic E-state index is 4.53. The normalized spacial score (nSPS) is 16.3. The average Bonchev–Trinajstić information content (AvgIpc) is 2.70. The van der Waals surface area contributed by atoms with Gasteiger partial charge in [-0.2, -0.15) is 5.10 Å². The molecule has 0 saturated carbocycles. The molecular weight excluding hydrogens is 200 g/mol. The van der Waals surface area contributed by atoms with E-state index in [2.05, 4.69) is 41.5 Å². The van der Waals surface area contributed by atoms with Crippen molar-refractivity contribution in [2.24, 2.45) is 12.0 Å². The first kappa shape index (κ1) is 11.0. The molecule has 0 unspecified atom stereocenters. The summed E-state index contributed by atoms with van der Waals surface area (Å²) in [7, 11) is 4.02. The molecule has 0 amide bonds. The Kier molecular flexibility index (Phi) is 2.45. The van der Waals surface area contributed by atoms with Crippen molar-refractivity contribution in [1.29, 1.82) is 0 Å². The molecule has 0 saturated heterocycles. The second kappa shape index (κ2) is 3.54. The predicted octanol–water partition coefficient (Wildman–Crippen LogP) is 1.19. The minimum Gasteiger partial charge on any atom is -0.271 e. The number of aromatic nitrogens is 2. The molecule has 2 heterocycles. The van der Waals surface area contributed by atoms with E-state index in [1.165, 1.54) is 5.69 Å². The minimum atomic E-state index is 0.113. The zero-order valence-corrected chi connectivity index (χ0v) is 10.7. The van der Waals surface area contributed by atoms with E-state index in [-0.39, 0.29) is 5.41 Å². The van der Waals surface area contributed by atoms with Crippen molar-refractivity contribution >= 4 is 12.1 Å². The van der Waals surface area contributed by atoms with Gasteiger partial charge in [-0.05, 0) is 11.1 Å². The average molecular weight is 219 g/mol. The first-order valence-electron chi connectivity index (χ1n) is 5.55. The van der Waals surface area contributed by atoms with E-state index in [1.54, 1.807) is 0 Å². The summed E-state index contributed by atoms with van der Waals surface area (Å²) in [5.74, 6) is 0.964. The van der Waals surface area contributed by atoms with Crippen LogP contribution in [-0.4, -0.2) is 40.0 Å². The van der Waals surface area contributed by atoms with Gasteiger partial charge in [0.2, 0.25) is 0 Å². The van der Waals surface area contributed by atoms with Gasteiger partial charge in [0.05, 0.1) is 7.05 Å². The summed E-state index contributed by atoms with van der Waals surface area (Å²) in [6, 6.07) is 2.13. The Hall–Kier alpha value is -1.45. The number of amidine groups is 1. The van der Waals surface area contributed by atoms with Crippen molar-refractivity contribution in [3.63, 3.8) is 0 Å². The van der Waals surface area contributed by atoms with Crippen LogP contribution in [0.1, 0.15) is 32.2 Å². The molecule has 4 nitrogen and oxygen atoms in total. The van der Waals surface area contributed by atoms with E-state index in [0.717, 1.165) is 18.1 Å². The number of aliphatic imine (C=N–C) groups is 1. The maximum atomic E-state index is 4.53. The molecule has 86 valence electrons. The fourth-order valence-electron chi connectivity index (χ4n) is 1.97. The second-order valence-electron chi connectivity index (χ2n) is 5.30. The third-order valence-corrected chi connectivity index (χ3v) is 2.81. The molecule has 0 radical (unpaired) electrons. The van der Waals surface area contributed by atoms with Gasteiger partial charge in [0.15, 0.2) is 11.9 Å². The highest BCUT2D eigenvalue weighted by molar-refractivity contribution is 6.00. The molecule has 1 aromatic heterocycles. The van der Waals surface area contributed by atoms with E-state index < -0.39 is 0 Å². The van der Waals surface area contributed by atoms with Crippen molar-refractivity contribution in [3.8, 4) is 0 Å². The van der Waals surface area contributed by atoms with Crippen LogP contribution in [0.3, 0.4) is 0 Å². The van der Waals surface area contributed by atoms with E-state index in [4.69, 9.17) is 0 Å². The predicted molar refractivity (Wildman–Crippen MR) is 65.6 cm³/mol. The Labute approximate surface area is 96.3 Å². The summed E-state index contributed by atoms with van der Waals surface area (Å²) < 4.78 is 4.05. The van der Waals surface area contributed by atoms with Crippen LogP contribution in [0.25, 0.3) is 0 Å². The summed E-state index contributed by atoms with van der Waals surface area (Å²) >= 11 is 0. The van der Waals surface area contributed by atoms with Crippen LogP contribution in [0.4, 0.5) is 0 Å². The highest BCUT2D eigenvalue weighted by Gasteiger charge is 2.26. The molecular formula is C12H19N4+. The Balaban J connectivity index is 2.46. The lowest BCUT2D eigenvalue weighted by Gasteiger charge is -2.17. The summed E-state index contributed by atoms with van der Waals surface area (Å²) in [6.07, 6.45) is 1.92. The van der Waals surface area contributed by atoms with Crippen molar-refractivity contribution in [2.45, 2.75) is 26.2 Å². The molecule has 2 rings (SSSR count).